The Bertz CT molecular complexity index is 1040. The second-order valence-corrected chi connectivity index (χ2v) is 7.80. The molecule has 0 bridgehead atoms. The van der Waals surface area contributed by atoms with E-state index >= 15 is 0 Å². The number of carbonyl (C=O) groups is 3. The molecule has 1 fully saturated rings. The van der Waals surface area contributed by atoms with Crippen molar-refractivity contribution in [1.82, 2.24) is 4.90 Å². The van der Waals surface area contributed by atoms with Gasteiger partial charge in [-0.1, -0.05) is 30.3 Å². The topological polar surface area (TPSA) is 57.7 Å². The minimum absolute atomic E-state index is 0.174. The maximum absolute atomic E-state index is 13.6. The van der Waals surface area contributed by atoms with Crippen molar-refractivity contribution >= 4 is 23.2 Å². The number of anilines is 1. The van der Waals surface area contributed by atoms with Crippen LogP contribution in [0, 0.1) is 13.8 Å². The summed E-state index contributed by atoms with van der Waals surface area (Å²) in [5, 5.41) is 0. The summed E-state index contributed by atoms with van der Waals surface area (Å²) < 4.78 is 0. The van der Waals surface area contributed by atoms with Gasteiger partial charge in [-0.3, -0.25) is 19.3 Å². The SMILES string of the molecule is CC(=O)N(C1=C(N2CCCC2)C(=O)c2ccccc2C1=O)c1cc(C)cc(C)c1. The van der Waals surface area contributed by atoms with Crippen molar-refractivity contribution in [3.63, 3.8) is 0 Å². The molecule has 1 heterocycles. The van der Waals surface area contributed by atoms with Gasteiger partial charge in [0, 0.05) is 36.8 Å². The molecule has 148 valence electrons. The Morgan fingerprint density at radius 3 is 2.00 bits per heavy atom. The number of ketones is 2. The number of aryl methyl sites for hydroxylation is 2. The highest BCUT2D eigenvalue weighted by Crippen LogP contribution is 2.35. The number of carbonyl (C=O) groups excluding carboxylic acids is 3. The Morgan fingerprint density at radius 1 is 0.897 bits per heavy atom. The summed E-state index contributed by atoms with van der Waals surface area (Å²) in [6.45, 7) is 6.75. The van der Waals surface area contributed by atoms with E-state index in [1.165, 1.54) is 11.8 Å². The fourth-order valence-electron chi connectivity index (χ4n) is 4.34. The van der Waals surface area contributed by atoms with E-state index in [-0.39, 0.29) is 23.2 Å². The Balaban J connectivity index is 1.98. The van der Waals surface area contributed by atoms with Gasteiger partial charge in [0.2, 0.25) is 17.5 Å². The first-order valence-corrected chi connectivity index (χ1v) is 9.95. The van der Waals surface area contributed by atoms with Crippen molar-refractivity contribution in [2.45, 2.75) is 33.6 Å². The molecule has 0 radical (unpaired) electrons. The number of allylic oxidation sites excluding steroid dienone is 2. The Morgan fingerprint density at radius 2 is 1.45 bits per heavy atom. The van der Waals surface area contributed by atoms with Crippen molar-refractivity contribution in [3.8, 4) is 0 Å². The van der Waals surface area contributed by atoms with Gasteiger partial charge >= 0.3 is 0 Å². The predicted octanol–water partition coefficient (Wildman–Crippen LogP) is 4.04. The molecule has 0 spiro atoms. The lowest BCUT2D eigenvalue weighted by atomic mass is 9.88. The fraction of sp³-hybridized carbons (Fsp3) is 0.292. The molecule has 4 rings (SSSR count). The quantitative estimate of drug-likeness (QED) is 0.796. The van der Waals surface area contributed by atoms with Crippen LogP contribution in [-0.2, 0) is 4.79 Å². The minimum atomic E-state index is -0.290. The summed E-state index contributed by atoms with van der Waals surface area (Å²) in [4.78, 5) is 43.2. The third kappa shape index (κ3) is 3.27. The van der Waals surface area contributed by atoms with E-state index in [0.717, 1.165) is 24.0 Å². The van der Waals surface area contributed by atoms with Crippen LogP contribution in [0.1, 0.15) is 51.6 Å². The second-order valence-electron chi connectivity index (χ2n) is 7.80. The molecule has 0 aromatic heterocycles. The Labute approximate surface area is 170 Å². The molecule has 0 unspecified atom stereocenters. The number of hydrogen-bond donors (Lipinski definition) is 0. The van der Waals surface area contributed by atoms with E-state index in [2.05, 4.69) is 0 Å². The van der Waals surface area contributed by atoms with Gasteiger partial charge in [0.05, 0.1) is 0 Å². The van der Waals surface area contributed by atoms with Gasteiger partial charge in [-0.15, -0.1) is 0 Å². The second kappa shape index (κ2) is 7.32. The minimum Gasteiger partial charge on any atom is -0.367 e. The summed E-state index contributed by atoms with van der Waals surface area (Å²) in [6.07, 6.45) is 1.92. The van der Waals surface area contributed by atoms with Crippen LogP contribution in [0.5, 0.6) is 0 Å². The summed E-state index contributed by atoms with van der Waals surface area (Å²) in [7, 11) is 0. The highest BCUT2D eigenvalue weighted by Gasteiger charge is 2.40. The van der Waals surface area contributed by atoms with Gasteiger partial charge < -0.3 is 4.90 Å². The lowest BCUT2D eigenvalue weighted by molar-refractivity contribution is -0.116. The molecule has 1 amide bonds. The number of hydrogen-bond acceptors (Lipinski definition) is 4. The van der Waals surface area contributed by atoms with Crippen LogP contribution >= 0.6 is 0 Å². The zero-order chi connectivity index (χ0) is 20.7. The lowest BCUT2D eigenvalue weighted by Gasteiger charge is -2.33. The molecule has 2 aliphatic rings. The van der Waals surface area contributed by atoms with Gasteiger partial charge in [0.15, 0.2) is 0 Å². The van der Waals surface area contributed by atoms with Gasteiger partial charge in [0.1, 0.15) is 11.4 Å². The lowest BCUT2D eigenvalue weighted by Crippen LogP contribution is -2.41. The third-order valence-electron chi connectivity index (χ3n) is 5.50. The summed E-state index contributed by atoms with van der Waals surface area (Å²) >= 11 is 0. The van der Waals surface area contributed by atoms with E-state index in [0.29, 0.717) is 35.6 Å². The molecule has 0 saturated carbocycles. The zero-order valence-electron chi connectivity index (χ0n) is 17.0. The molecule has 5 heteroatoms. The fourth-order valence-corrected chi connectivity index (χ4v) is 4.34. The van der Waals surface area contributed by atoms with Gasteiger partial charge in [-0.25, -0.2) is 0 Å². The smallest absolute Gasteiger partial charge is 0.228 e. The number of fused-ring (bicyclic) bond motifs is 1. The van der Waals surface area contributed by atoms with E-state index in [1.807, 2.05) is 36.9 Å². The van der Waals surface area contributed by atoms with Crippen LogP contribution < -0.4 is 4.90 Å². The molecule has 29 heavy (non-hydrogen) atoms. The Kier molecular flexibility index (Phi) is 4.82. The number of rotatable bonds is 3. The molecule has 5 nitrogen and oxygen atoms in total. The number of nitrogens with zero attached hydrogens (tertiary/aromatic N) is 2. The van der Waals surface area contributed by atoms with Crippen LogP contribution in [0.3, 0.4) is 0 Å². The molecule has 1 saturated heterocycles. The van der Waals surface area contributed by atoms with Gasteiger partial charge in [0.25, 0.3) is 0 Å². The van der Waals surface area contributed by atoms with Crippen LogP contribution in [-0.4, -0.2) is 35.5 Å². The van der Waals surface area contributed by atoms with Crippen LogP contribution in [0.4, 0.5) is 5.69 Å². The highest BCUT2D eigenvalue weighted by molar-refractivity contribution is 6.29. The number of benzene rings is 2. The normalized spacial score (nSPS) is 16.3. The Hall–Kier alpha value is -3.21. The van der Waals surface area contributed by atoms with Crippen LogP contribution in [0.2, 0.25) is 0 Å². The largest absolute Gasteiger partial charge is 0.367 e. The third-order valence-corrected chi connectivity index (χ3v) is 5.50. The van der Waals surface area contributed by atoms with Crippen molar-refractivity contribution in [3.05, 3.63) is 76.1 Å². The average molecular weight is 388 g/mol. The first-order chi connectivity index (χ1) is 13.9. The van der Waals surface area contributed by atoms with E-state index in [4.69, 9.17) is 0 Å². The number of Topliss-reactive ketones (excluding diaryl/α,β-unsaturated/α-hetero) is 2. The standard InChI is InChI=1S/C24H24N2O3/c1-15-12-16(2)14-18(13-15)26(17(3)27)22-21(25-10-6-7-11-25)23(28)19-8-4-5-9-20(19)24(22)29/h4-5,8-9,12-14H,6-7,10-11H2,1-3H3. The predicted molar refractivity (Wildman–Crippen MR) is 112 cm³/mol. The molecule has 2 aromatic rings. The average Bonchev–Trinajstić information content (AvgIpc) is 3.19. The molecule has 1 aliphatic carbocycles. The molecule has 0 atom stereocenters. The van der Waals surface area contributed by atoms with Crippen molar-refractivity contribution in [1.29, 1.82) is 0 Å². The number of likely N-dealkylation sites (tertiary alicyclic amines) is 1. The summed E-state index contributed by atoms with van der Waals surface area (Å²) in [5.41, 5.74) is 3.88. The van der Waals surface area contributed by atoms with Crippen LogP contribution in [0.25, 0.3) is 0 Å². The van der Waals surface area contributed by atoms with E-state index < -0.39 is 0 Å². The molecular weight excluding hydrogens is 364 g/mol. The molecule has 0 N–H and O–H groups in total. The van der Waals surface area contributed by atoms with Crippen LogP contribution in [0.15, 0.2) is 53.9 Å². The first kappa shape index (κ1) is 19.1. The van der Waals surface area contributed by atoms with Crippen molar-refractivity contribution < 1.29 is 14.4 Å². The van der Waals surface area contributed by atoms with Crippen molar-refractivity contribution in [2.75, 3.05) is 18.0 Å². The first-order valence-electron chi connectivity index (χ1n) is 9.95. The van der Waals surface area contributed by atoms with E-state index in [9.17, 15) is 14.4 Å². The summed E-state index contributed by atoms with van der Waals surface area (Å²) in [5.74, 6) is -0.758. The zero-order valence-corrected chi connectivity index (χ0v) is 17.0. The molecule has 2 aromatic carbocycles. The monoisotopic (exact) mass is 388 g/mol. The molecule has 1 aliphatic heterocycles. The number of amides is 1. The molecular formula is C24H24N2O3. The summed E-state index contributed by atoms with van der Waals surface area (Å²) in [6, 6.07) is 12.6. The highest BCUT2D eigenvalue weighted by atomic mass is 16.2. The van der Waals surface area contributed by atoms with Gasteiger partial charge in [-0.2, -0.15) is 0 Å². The van der Waals surface area contributed by atoms with Gasteiger partial charge in [-0.05, 0) is 49.9 Å². The maximum Gasteiger partial charge on any atom is 0.228 e. The van der Waals surface area contributed by atoms with Crippen molar-refractivity contribution in [2.24, 2.45) is 0 Å². The van der Waals surface area contributed by atoms with E-state index in [1.54, 1.807) is 24.3 Å². The maximum atomic E-state index is 13.6.